The molecule has 0 bridgehead atoms. The summed E-state index contributed by atoms with van der Waals surface area (Å²) >= 11 is 0. The van der Waals surface area contributed by atoms with E-state index in [1.807, 2.05) is 4.90 Å². The molecule has 3 heterocycles. The first-order valence-corrected chi connectivity index (χ1v) is 10.1. The molecular weight excluding hydrogens is 304 g/mol. The van der Waals surface area contributed by atoms with E-state index < -0.39 is 9.84 Å². The Morgan fingerprint density at radius 1 is 1.05 bits per heavy atom. The van der Waals surface area contributed by atoms with Crippen LogP contribution in [0.1, 0.15) is 19.3 Å². The number of hydrogen-bond acceptors (Lipinski definition) is 5. The van der Waals surface area contributed by atoms with Crippen LogP contribution in [0.25, 0.3) is 0 Å². The number of carbonyl (C=O) groups excluding carboxylic acids is 1. The predicted molar refractivity (Wildman–Crippen MR) is 83.3 cm³/mol. The fourth-order valence-corrected chi connectivity index (χ4v) is 5.47. The maximum absolute atomic E-state index is 12.4. The molecule has 1 atom stereocenters. The van der Waals surface area contributed by atoms with Crippen LogP contribution in [-0.4, -0.2) is 81.6 Å². The summed E-state index contributed by atoms with van der Waals surface area (Å²) in [5.41, 5.74) is 0. The molecule has 3 rings (SSSR count). The Labute approximate surface area is 132 Å². The van der Waals surface area contributed by atoms with E-state index >= 15 is 0 Å². The number of likely N-dealkylation sites (tertiary alicyclic amines) is 1. The number of amides is 1. The number of piperidine rings is 1. The van der Waals surface area contributed by atoms with Crippen molar-refractivity contribution in [1.82, 2.24) is 9.80 Å². The minimum absolute atomic E-state index is 0.0551. The Morgan fingerprint density at radius 2 is 1.73 bits per heavy atom. The lowest BCUT2D eigenvalue weighted by Crippen LogP contribution is -2.45. The number of rotatable bonds is 3. The molecule has 0 aliphatic carbocycles. The minimum atomic E-state index is -2.98. The Balaban J connectivity index is 1.44. The molecule has 0 aromatic carbocycles. The second-order valence-electron chi connectivity index (χ2n) is 6.78. The Bertz CT molecular complexity index is 494. The highest BCUT2D eigenvalue weighted by Gasteiger charge is 2.36. The van der Waals surface area contributed by atoms with Crippen molar-refractivity contribution in [3.8, 4) is 0 Å². The summed E-state index contributed by atoms with van der Waals surface area (Å²) in [4.78, 5) is 16.8. The van der Waals surface area contributed by atoms with Crippen molar-refractivity contribution < 1.29 is 17.9 Å². The number of carbonyl (C=O) groups is 1. The average Bonchev–Trinajstić information content (AvgIpc) is 2.88. The lowest BCUT2D eigenvalue weighted by Gasteiger charge is -2.36. The third-order valence-corrected chi connectivity index (χ3v) is 6.90. The molecule has 0 saturated carbocycles. The molecule has 0 aromatic heterocycles. The molecule has 1 amide bonds. The van der Waals surface area contributed by atoms with Gasteiger partial charge in [0.25, 0.3) is 0 Å². The van der Waals surface area contributed by atoms with Gasteiger partial charge in [-0.05, 0) is 25.2 Å². The lowest BCUT2D eigenvalue weighted by atomic mass is 9.94. The van der Waals surface area contributed by atoms with Gasteiger partial charge >= 0.3 is 0 Å². The summed E-state index contributed by atoms with van der Waals surface area (Å²) in [6.07, 6.45) is 2.57. The molecule has 0 spiro atoms. The van der Waals surface area contributed by atoms with Crippen LogP contribution < -0.4 is 0 Å². The lowest BCUT2D eigenvalue weighted by molar-refractivity contribution is -0.136. The van der Waals surface area contributed by atoms with E-state index in [0.29, 0.717) is 12.3 Å². The number of sulfone groups is 1. The van der Waals surface area contributed by atoms with Gasteiger partial charge in [0.05, 0.1) is 30.6 Å². The molecule has 0 N–H and O–H groups in total. The topological polar surface area (TPSA) is 66.9 Å². The monoisotopic (exact) mass is 330 g/mol. The van der Waals surface area contributed by atoms with Crippen LogP contribution in [-0.2, 0) is 19.4 Å². The predicted octanol–water partition coefficient (Wildman–Crippen LogP) is -0.00810. The van der Waals surface area contributed by atoms with Crippen molar-refractivity contribution in [2.45, 2.75) is 19.3 Å². The van der Waals surface area contributed by atoms with Crippen molar-refractivity contribution in [2.24, 2.45) is 11.8 Å². The largest absolute Gasteiger partial charge is 0.379 e. The third kappa shape index (κ3) is 4.00. The maximum Gasteiger partial charge on any atom is 0.226 e. The molecule has 3 aliphatic rings. The minimum Gasteiger partial charge on any atom is -0.379 e. The molecule has 7 heteroatoms. The normalized spacial score (nSPS) is 30.5. The maximum atomic E-state index is 12.4. The van der Waals surface area contributed by atoms with Gasteiger partial charge in [-0.25, -0.2) is 8.42 Å². The first-order valence-electron chi connectivity index (χ1n) is 8.33. The van der Waals surface area contributed by atoms with Crippen molar-refractivity contribution in [2.75, 3.05) is 57.4 Å². The van der Waals surface area contributed by atoms with Gasteiger partial charge in [-0.2, -0.15) is 0 Å². The van der Waals surface area contributed by atoms with Gasteiger partial charge in [0, 0.05) is 32.7 Å². The van der Waals surface area contributed by atoms with Gasteiger partial charge in [-0.1, -0.05) is 0 Å². The van der Waals surface area contributed by atoms with Crippen LogP contribution >= 0.6 is 0 Å². The van der Waals surface area contributed by atoms with E-state index in [0.717, 1.165) is 58.8 Å². The average molecular weight is 330 g/mol. The van der Waals surface area contributed by atoms with Gasteiger partial charge in [0.15, 0.2) is 9.84 Å². The molecule has 6 nitrogen and oxygen atoms in total. The van der Waals surface area contributed by atoms with Crippen LogP contribution in [0.2, 0.25) is 0 Å². The van der Waals surface area contributed by atoms with E-state index in [9.17, 15) is 13.2 Å². The Morgan fingerprint density at radius 3 is 2.32 bits per heavy atom. The first kappa shape index (κ1) is 16.2. The van der Waals surface area contributed by atoms with Crippen molar-refractivity contribution in [3.05, 3.63) is 0 Å². The highest BCUT2D eigenvalue weighted by Crippen LogP contribution is 2.25. The summed E-state index contributed by atoms with van der Waals surface area (Å²) < 4.78 is 28.4. The molecule has 3 saturated heterocycles. The summed E-state index contributed by atoms with van der Waals surface area (Å²) in [5, 5.41) is 0. The molecule has 3 aliphatic heterocycles. The summed E-state index contributed by atoms with van der Waals surface area (Å²) in [6.45, 7) is 6.34. The van der Waals surface area contributed by atoms with Crippen LogP contribution in [0.3, 0.4) is 0 Å². The highest BCUT2D eigenvalue weighted by molar-refractivity contribution is 7.91. The van der Waals surface area contributed by atoms with Gasteiger partial charge in [-0.3, -0.25) is 9.69 Å². The smallest absolute Gasteiger partial charge is 0.226 e. The fraction of sp³-hybridized carbons (Fsp3) is 0.933. The molecule has 1 unspecified atom stereocenters. The molecule has 22 heavy (non-hydrogen) atoms. The second kappa shape index (κ2) is 6.84. The number of nitrogens with zero attached hydrogens (tertiary/aromatic N) is 2. The van der Waals surface area contributed by atoms with Crippen LogP contribution in [0.5, 0.6) is 0 Å². The zero-order chi connectivity index (χ0) is 15.6. The first-order chi connectivity index (χ1) is 10.5. The van der Waals surface area contributed by atoms with E-state index in [4.69, 9.17) is 4.74 Å². The summed E-state index contributed by atoms with van der Waals surface area (Å²) in [5.74, 6) is 0.650. The van der Waals surface area contributed by atoms with Gasteiger partial charge in [0.1, 0.15) is 0 Å². The summed E-state index contributed by atoms with van der Waals surface area (Å²) in [6, 6.07) is 0. The molecular formula is C15H26N2O4S. The number of hydrogen-bond donors (Lipinski definition) is 0. The molecule has 0 aromatic rings. The van der Waals surface area contributed by atoms with E-state index in [2.05, 4.69) is 4.90 Å². The number of morpholine rings is 1. The highest BCUT2D eigenvalue weighted by atomic mass is 32.2. The molecule has 126 valence electrons. The quantitative estimate of drug-likeness (QED) is 0.728. The third-order valence-electron chi connectivity index (χ3n) is 5.13. The zero-order valence-corrected chi connectivity index (χ0v) is 13.9. The van der Waals surface area contributed by atoms with E-state index in [1.54, 1.807) is 0 Å². The van der Waals surface area contributed by atoms with Crippen LogP contribution in [0.4, 0.5) is 0 Å². The Kier molecular flexibility index (Phi) is 5.04. The van der Waals surface area contributed by atoms with Gasteiger partial charge < -0.3 is 9.64 Å². The molecule has 3 fully saturated rings. The van der Waals surface area contributed by atoms with E-state index in [1.165, 1.54) is 0 Å². The fourth-order valence-electron chi connectivity index (χ4n) is 3.73. The standard InChI is InChI=1S/C15H26N2O4S/c18-15(14-3-10-22(19,20)12-14)17-4-1-13(2-5-17)11-16-6-8-21-9-7-16/h13-14H,1-12H2. The second-order valence-corrected chi connectivity index (χ2v) is 9.01. The van der Waals surface area contributed by atoms with Crippen LogP contribution in [0.15, 0.2) is 0 Å². The Hall–Kier alpha value is -0.660. The number of ether oxygens (including phenoxy) is 1. The van der Waals surface area contributed by atoms with Crippen molar-refractivity contribution in [1.29, 1.82) is 0 Å². The van der Waals surface area contributed by atoms with Crippen molar-refractivity contribution in [3.63, 3.8) is 0 Å². The van der Waals surface area contributed by atoms with Gasteiger partial charge in [-0.15, -0.1) is 0 Å². The van der Waals surface area contributed by atoms with Crippen molar-refractivity contribution >= 4 is 15.7 Å². The SMILES string of the molecule is O=C(C1CCS(=O)(=O)C1)N1CCC(CN2CCOCC2)CC1. The van der Waals surface area contributed by atoms with Gasteiger partial charge in [0.2, 0.25) is 5.91 Å². The zero-order valence-electron chi connectivity index (χ0n) is 13.1. The summed E-state index contributed by atoms with van der Waals surface area (Å²) in [7, 11) is -2.98. The van der Waals surface area contributed by atoms with Crippen LogP contribution in [0, 0.1) is 11.8 Å². The molecule has 0 radical (unpaired) electrons. The van der Waals surface area contributed by atoms with E-state index in [-0.39, 0.29) is 23.3 Å².